The molecule has 1 heterocycles. The number of benzene rings is 1. The summed E-state index contributed by atoms with van der Waals surface area (Å²) in [5, 5.41) is 12.8. The number of hydrogen-bond acceptors (Lipinski definition) is 3. The Morgan fingerprint density at radius 3 is 2.61 bits per heavy atom. The van der Waals surface area contributed by atoms with Crippen LogP contribution in [0.5, 0.6) is 0 Å². The molecule has 0 saturated heterocycles. The number of halogens is 3. The molecule has 7 heteroatoms. The van der Waals surface area contributed by atoms with Gasteiger partial charge in [0.1, 0.15) is 5.82 Å². The second kappa shape index (κ2) is 4.34. The van der Waals surface area contributed by atoms with Crippen molar-refractivity contribution in [3.8, 4) is 5.69 Å². The van der Waals surface area contributed by atoms with Crippen LogP contribution in [0, 0.1) is 0 Å². The molecule has 1 aromatic carbocycles. The SMILES string of the molecule is Nc1c(CO)cnn1-c1cccc(C(F)(F)F)c1. The first-order valence-corrected chi connectivity index (χ1v) is 5.04. The lowest BCUT2D eigenvalue weighted by Gasteiger charge is -2.09. The fourth-order valence-electron chi connectivity index (χ4n) is 1.53. The monoisotopic (exact) mass is 257 g/mol. The van der Waals surface area contributed by atoms with E-state index in [1.165, 1.54) is 18.3 Å². The largest absolute Gasteiger partial charge is 0.416 e. The summed E-state index contributed by atoms with van der Waals surface area (Å²) < 4.78 is 38.8. The number of nitrogens with zero attached hydrogens (tertiary/aromatic N) is 2. The van der Waals surface area contributed by atoms with Gasteiger partial charge in [-0.15, -0.1) is 0 Å². The zero-order chi connectivity index (χ0) is 13.3. The number of aliphatic hydroxyl groups excluding tert-OH is 1. The Kier molecular flexibility index (Phi) is 3.00. The van der Waals surface area contributed by atoms with E-state index in [1.807, 2.05) is 0 Å². The number of anilines is 1. The fourth-order valence-corrected chi connectivity index (χ4v) is 1.53. The molecule has 2 rings (SSSR count). The summed E-state index contributed by atoms with van der Waals surface area (Å²) in [6.45, 7) is -0.315. The van der Waals surface area contributed by atoms with Gasteiger partial charge in [-0.2, -0.15) is 18.3 Å². The van der Waals surface area contributed by atoms with Gasteiger partial charge in [0, 0.05) is 5.56 Å². The van der Waals surface area contributed by atoms with Crippen LogP contribution in [0.15, 0.2) is 30.5 Å². The number of alkyl halides is 3. The highest BCUT2D eigenvalue weighted by Gasteiger charge is 2.30. The van der Waals surface area contributed by atoms with Crippen molar-refractivity contribution in [2.24, 2.45) is 0 Å². The van der Waals surface area contributed by atoms with Crippen LogP contribution in [0.2, 0.25) is 0 Å². The van der Waals surface area contributed by atoms with Crippen molar-refractivity contribution in [1.82, 2.24) is 9.78 Å². The molecule has 3 N–H and O–H groups in total. The summed E-state index contributed by atoms with van der Waals surface area (Å²) in [6.07, 6.45) is -3.10. The van der Waals surface area contributed by atoms with E-state index in [1.54, 1.807) is 0 Å². The molecule has 0 aliphatic heterocycles. The van der Waals surface area contributed by atoms with Gasteiger partial charge in [-0.05, 0) is 18.2 Å². The molecule has 0 bridgehead atoms. The van der Waals surface area contributed by atoms with Crippen LogP contribution in [0.25, 0.3) is 5.69 Å². The molecule has 96 valence electrons. The number of aromatic nitrogens is 2. The molecular weight excluding hydrogens is 247 g/mol. The summed E-state index contributed by atoms with van der Waals surface area (Å²) in [4.78, 5) is 0. The van der Waals surface area contributed by atoms with Crippen molar-refractivity contribution in [2.75, 3.05) is 5.73 Å². The van der Waals surface area contributed by atoms with Gasteiger partial charge in [0.05, 0.1) is 24.1 Å². The van der Waals surface area contributed by atoms with Crippen molar-refractivity contribution in [3.05, 3.63) is 41.6 Å². The van der Waals surface area contributed by atoms with Crippen LogP contribution >= 0.6 is 0 Å². The molecule has 0 aliphatic rings. The fraction of sp³-hybridized carbons (Fsp3) is 0.182. The molecule has 4 nitrogen and oxygen atoms in total. The third-order valence-corrected chi connectivity index (χ3v) is 2.47. The van der Waals surface area contributed by atoms with Crippen molar-refractivity contribution >= 4 is 5.82 Å². The molecule has 0 spiro atoms. The van der Waals surface area contributed by atoms with Gasteiger partial charge in [0.25, 0.3) is 0 Å². The minimum Gasteiger partial charge on any atom is -0.391 e. The van der Waals surface area contributed by atoms with Gasteiger partial charge in [0.2, 0.25) is 0 Å². The van der Waals surface area contributed by atoms with Gasteiger partial charge in [0.15, 0.2) is 0 Å². The van der Waals surface area contributed by atoms with E-state index in [0.717, 1.165) is 16.8 Å². The Bertz CT molecular complexity index is 563. The summed E-state index contributed by atoms with van der Waals surface area (Å²) in [6, 6.07) is 4.65. The average Bonchev–Trinajstić information content (AvgIpc) is 2.69. The zero-order valence-electron chi connectivity index (χ0n) is 9.15. The second-order valence-electron chi connectivity index (χ2n) is 3.67. The average molecular weight is 257 g/mol. The highest BCUT2D eigenvalue weighted by Crippen LogP contribution is 2.30. The summed E-state index contributed by atoms with van der Waals surface area (Å²) in [5.74, 6) is 0.122. The van der Waals surface area contributed by atoms with Crippen molar-refractivity contribution in [2.45, 2.75) is 12.8 Å². The lowest BCUT2D eigenvalue weighted by atomic mass is 10.2. The van der Waals surface area contributed by atoms with E-state index in [4.69, 9.17) is 10.8 Å². The van der Waals surface area contributed by atoms with Crippen LogP contribution in [0.1, 0.15) is 11.1 Å². The van der Waals surface area contributed by atoms with E-state index < -0.39 is 11.7 Å². The van der Waals surface area contributed by atoms with Gasteiger partial charge in [-0.25, -0.2) is 4.68 Å². The number of nitrogens with two attached hydrogens (primary N) is 1. The molecule has 0 aliphatic carbocycles. The standard InChI is InChI=1S/C11H10F3N3O/c12-11(13,14)8-2-1-3-9(4-8)17-10(15)7(6-18)5-16-17/h1-5,18H,6,15H2. The molecule has 0 saturated carbocycles. The van der Waals surface area contributed by atoms with Gasteiger partial charge < -0.3 is 10.8 Å². The first-order chi connectivity index (χ1) is 8.43. The Balaban J connectivity index is 2.48. The Morgan fingerprint density at radius 2 is 2.06 bits per heavy atom. The van der Waals surface area contributed by atoms with Crippen LogP contribution < -0.4 is 5.73 Å². The summed E-state index contributed by atoms with van der Waals surface area (Å²) in [5.41, 5.74) is 5.45. The zero-order valence-corrected chi connectivity index (χ0v) is 9.15. The molecule has 0 unspecified atom stereocenters. The lowest BCUT2D eigenvalue weighted by molar-refractivity contribution is -0.137. The highest BCUT2D eigenvalue weighted by atomic mass is 19.4. The first-order valence-electron chi connectivity index (χ1n) is 5.04. The van der Waals surface area contributed by atoms with E-state index in [2.05, 4.69) is 5.10 Å². The molecule has 0 radical (unpaired) electrons. The number of hydrogen-bond donors (Lipinski definition) is 2. The molecular formula is C11H10F3N3O. The molecule has 0 fully saturated rings. The predicted molar refractivity (Wildman–Crippen MR) is 58.9 cm³/mol. The molecule has 0 amide bonds. The predicted octanol–water partition coefficient (Wildman–Crippen LogP) is 1.97. The second-order valence-corrected chi connectivity index (χ2v) is 3.67. The molecule has 1 aromatic heterocycles. The number of rotatable bonds is 2. The maximum Gasteiger partial charge on any atom is 0.416 e. The minimum absolute atomic E-state index is 0.122. The number of aliphatic hydroxyl groups is 1. The third kappa shape index (κ3) is 2.17. The Hall–Kier alpha value is -2.02. The first kappa shape index (κ1) is 12.4. The topological polar surface area (TPSA) is 64.1 Å². The van der Waals surface area contributed by atoms with Gasteiger partial charge in [-0.1, -0.05) is 6.07 Å². The van der Waals surface area contributed by atoms with Crippen LogP contribution in [-0.2, 0) is 12.8 Å². The van der Waals surface area contributed by atoms with Gasteiger partial charge in [-0.3, -0.25) is 0 Å². The van der Waals surface area contributed by atoms with E-state index in [-0.39, 0.29) is 18.1 Å². The minimum atomic E-state index is -4.42. The third-order valence-electron chi connectivity index (χ3n) is 2.47. The maximum absolute atomic E-state index is 12.6. The van der Waals surface area contributed by atoms with Crippen LogP contribution in [-0.4, -0.2) is 14.9 Å². The van der Waals surface area contributed by atoms with E-state index in [0.29, 0.717) is 5.56 Å². The quantitative estimate of drug-likeness (QED) is 0.864. The highest BCUT2D eigenvalue weighted by molar-refractivity contribution is 5.47. The van der Waals surface area contributed by atoms with E-state index >= 15 is 0 Å². The van der Waals surface area contributed by atoms with Crippen molar-refractivity contribution in [3.63, 3.8) is 0 Å². The van der Waals surface area contributed by atoms with Crippen molar-refractivity contribution in [1.29, 1.82) is 0 Å². The maximum atomic E-state index is 12.6. The molecule has 0 atom stereocenters. The molecule has 2 aromatic rings. The lowest BCUT2D eigenvalue weighted by Crippen LogP contribution is -2.08. The Morgan fingerprint density at radius 1 is 1.33 bits per heavy atom. The molecule has 18 heavy (non-hydrogen) atoms. The van der Waals surface area contributed by atoms with Crippen molar-refractivity contribution < 1.29 is 18.3 Å². The van der Waals surface area contributed by atoms with Crippen LogP contribution in [0.4, 0.5) is 19.0 Å². The van der Waals surface area contributed by atoms with E-state index in [9.17, 15) is 13.2 Å². The number of nitrogen functional groups attached to an aromatic ring is 1. The smallest absolute Gasteiger partial charge is 0.391 e. The van der Waals surface area contributed by atoms with Gasteiger partial charge >= 0.3 is 6.18 Å². The normalized spacial score (nSPS) is 11.8. The Labute approximate surface area is 100 Å². The summed E-state index contributed by atoms with van der Waals surface area (Å²) >= 11 is 0. The van der Waals surface area contributed by atoms with Crippen LogP contribution in [0.3, 0.4) is 0 Å². The summed E-state index contributed by atoms with van der Waals surface area (Å²) in [7, 11) is 0.